The Morgan fingerprint density at radius 2 is 1.94 bits per heavy atom. The number of carbonyl (C=O) groups is 1. The van der Waals surface area contributed by atoms with Crippen molar-refractivity contribution in [1.82, 2.24) is 19.8 Å². The van der Waals surface area contributed by atoms with Crippen molar-refractivity contribution in [2.45, 2.75) is 44.2 Å². The van der Waals surface area contributed by atoms with Crippen molar-refractivity contribution < 1.29 is 14.6 Å². The number of hydrogen-bond donors (Lipinski definition) is 1. The number of aliphatic hydroxyl groups excluding tert-OH is 1. The number of anilines is 2. The van der Waals surface area contributed by atoms with Crippen LogP contribution in [0.4, 0.5) is 11.6 Å². The van der Waals surface area contributed by atoms with Crippen LogP contribution in [0.5, 0.6) is 6.01 Å². The van der Waals surface area contributed by atoms with E-state index in [2.05, 4.69) is 29.5 Å². The zero-order chi connectivity index (χ0) is 24.6. The molecule has 1 N–H and O–H groups in total. The van der Waals surface area contributed by atoms with Crippen molar-refractivity contribution >= 4 is 17.5 Å². The summed E-state index contributed by atoms with van der Waals surface area (Å²) in [5, 5.41) is 20.1. The van der Waals surface area contributed by atoms with Crippen LogP contribution in [-0.2, 0) is 4.79 Å². The van der Waals surface area contributed by atoms with Gasteiger partial charge in [0, 0.05) is 44.2 Å². The Morgan fingerprint density at radius 3 is 2.63 bits per heavy atom. The predicted octanol–water partition coefficient (Wildman–Crippen LogP) is 1.01. The van der Waals surface area contributed by atoms with Gasteiger partial charge < -0.3 is 29.4 Å². The third-order valence-electron chi connectivity index (χ3n) is 8.18. The van der Waals surface area contributed by atoms with Gasteiger partial charge in [0.15, 0.2) is 11.6 Å². The average Bonchev–Trinajstić information content (AvgIpc) is 3.60. The number of aliphatic hydroxyl groups is 1. The van der Waals surface area contributed by atoms with Crippen LogP contribution in [0.2, 0.25) is 0 Å². The Kier molecular flexibility index (Phi) is 6.55. The molecular weight excluding hydrogens is 446 g/mol. The van der Waals surface area contributed by atoms with Crippen molar-refractivity contribution in [2.24, 2.45) is 5.41 Å². The van der Waals surface area contributed by atoms with E-state index in [0.29, 0.717) is 42.9 Å². The predicted molar refractivity (Wildman–Crippen MR) is 131 cm³/mol. The molecule has 1 aromatic heterocycles. The van der Waals surface area contributed by atoms with Crippen LogP contribution in [0, 0.1) is 16.7 Å². The molecule has 0 aromatic carbocycles. The largest absolute Gasteiger partial charge is 0.462 e. The first kappa shape index (κ1) is 23.8. The molecule has 35 heavy (non-hydrogen) atoms. The zero-order valence-corrected chi connectivity index (χ0v) is 20.5. The summed E-state index contributed by atoms with van der Waals surface area (Å²) in [6.07, 6.45) is 6.34. The topological polar surface area (TPSA) is 109 Å². The highest BCUT2D eigenvalue weighted by molar-refractivity contribution is 5.87. The van der Waals surface area contributed by atoms with Gasteiger partial charge in [0.2, 0.25) is 5.91 Å². The van der Waals surface area contributed by atoms with E-state index in [1.165, 1.54) is 6.08 Å². The van der Waals surface area contributed by atoms with Gasteiger partial charge in [-0.15, -0.1) is 0 Å². The summed E-state index contributed by atoms with van der Waals surface area (Å²) >= 11 is 0. The van der Waals surface area contributed by atoms with Crippen LogP contribution in [0.25, 0.3) is 0 Å². The second-order valence-electron chi connectivity index (χ2n) is 10.5. The van der Waals surface area contributed by atoms with Gasteiger partial charge in [0.1, 0.15) is 18.2 Å². The third-order valence-corrected chi connectivity index (χ3v) is 8.18. The van der Waals surface area contributed by atoms with Gasteiger partial charge in [0.05, 0.1) is 12.6 Å². The maximum absolute atomic E-state index is 12.0. The fourth-order valence-corrected chi connectivity index (χ4v) is 6.11. The summed E-state index contributed by atoms with van der Waals surface area (Å²) in [5.41, 5.74) is 0.455. The number of likely N-dealkylation sites (tertiary alicyclic amines) is 2. The standard InChI is InChI=1S/C25H35N7O3/c1-3-21(34)31-16-25(17-31)8-11-30(15-25)22-20(12-26)23(32-10-5-6-18(32)13-33)28-24(27-22)35-14-19-7-4-9-29(19)2/h3,18-19,33H,1,4-11,13-17H2,2H3. The Labute approximate surface area is 206 Å². The number of ether oxygens (including phenoxy) is 1. The number of likely N-dealkylation sites (N-methyl/N-ethyl adjacent to an activating group) is 1. The highest BCUT2D eigenvalue weighted by atomic mass is 16.5. The summed E-state index contributed by atoms with van der Waals surface area (Å²) in [5.74, 6) is 1.12. The van der Waals surface area contributed by atoms with Gasteiger partial charge in [-0.2, -0.15) is 15.2 Å². The Bertz CT molecular complexity index is 1020. The van der Waals surface area contributed by atoms with E-state index >= 15 is 0 Å². The van der Waals surface area contributed by atoms with Crippen molar-refractivity contribution in [2.75, 3.05) is 69.3 Å². The summed E-state index contributed by atoms with van der Waals surface area (Å²) in [6, 6.07) is 2.92. The molecule has 0 radical (unpaired) electrons. The summed E-state index contributed by atoms with van der Waals surface area (Å²) in [7, 11) is 2.11. The number of rotatable bonds is 7. The quantitative estimate of drug-likeness (QED) is 0.571. The van der Waals surface area contributed by atoms with E-state index in [4.69, 9.17) is 14.7 Å². The Hall–Kier alpha value is -2.90. The lowest BCUT2D eigenvalue weighted by atomic mass is 9.79. The first-order chi connectivity index (χ1) is 17.0. The molecule has 0 bridgehead atoms. The number of aromatic nitrogens is 2. The summed E-state index contributed by atoms with van der Waals surface area (Å²) in [4.78, 5) is 29.7. The molecule has 1 spiro atoms. The molecular formula is C25H35N7O3. The lowest BCUT2D eigenvalue weighted by molar-refractivity contribution is -0.136. The van der Waals surface area contributed by atoms with Gasteiger partial charge in [-0.3, -0.25) is 4.79 Å². The molecule has 1 amide bonds. The van der Waals surface area contributed by atoms with Crippen LogP contribution in [0.1, 0.15) is 37.7 Å². The second-order valence-corrected chi connectivity index (χ2v) is 10.5. The van der Waals surface area contributed by atoms with Gasteiger partial charge >= 0.3 is 6.01 Å². The van der Waals surface area contributed by atoms with Crippen LogP contribution in [0.15, 0.2) is 12.7 Å². The van der Waals surface area contributed by atoms with E-state index < -0.39 is 0 Å². The minimum Gasteiger partial charge on any atom is -0.462 e. The van der Waals surface area contributed by atoms with Gasteiger partial charge in [-0.1, -0.05) is 6.58 Å². The molecule has 1 aromatic rings. The van der Waals surface area contributed by atoms with E-state index in [0.717, 1.165) is 58.3 Å². The minimum absolute atomic E-state index is 0.0192. The first-order valence-electron chi connectivity index (χ1n) is 12.7. The van der Waals surface area contributed by atoms with E-state index in [-0.39, 0.29) is 30.0 Å². The maximum Gasteiger partial charge on any atom is 0.320 e. The number of hydrogen-bond acceptors (Lipinski definition) is 9. The molecule has 10 nitrogen and oxygen atoms in total. The minimum atomic E-state index is -0.0614. The van der Waals surface area contributed by atoms with Gasteiger partial charge in [0.25, 0.3) is 0 Å². The van der Waals surface area contributed by atoms with Gasteiger partial charge in [-0.05, 0) is 51.8 Å². The number of amides is 1. The van der Waals surface area contributed by atoms with Gasteiger partial charge in [-0.25, -0.2) is 0 Å². The highest BCUT2D eigenvalue weighted by Gasteiger charge is 2.49. The van der Waals surface area contributed by atoms with Crippen molar-refractivity contribution in [3.63, 3.8) is 0 Å². The third kappa shape index (κ3) is 4.43. The molecule has 4 aliphatic heterocycles. The number of nitriles is 1. The van der Waals surface area contributed by atoms with E-state index in [1.807, 2.05) is 9.80 Å². The molecule has 188 valence electrons. The summed E-state index contributed by atoms with van der Waals surface area (Å²) in [6.45, 7) is 8.81. The molecule has 5 rings (SSSR count). The van der Waals surface area contributed by atoms with Crippen LogP contribution >= 0.6 is 0 Å². The van der Waals surface area contributed by atoms with E-state index in [1.54, 1.807) is 0 Å². The van der Waals surface area contributed by atoms with Crippen molar-refractivity contribution in [3.05, 3.63) is 18.2 Å². The zero-order valence-electron chi connectivity index (χ0n) is 20.5. The van der Waals surface area contributed by atoms with Crippen molar-refractivity contribution in [1.29, 1.82) is 5.26 Å². The van der Waals surface area contributed by atoms with Crippen LogP contribution in [-0.4, -0.2) is 102 Å². The smallest absolute Gasteiger partial charge is 0.320 e. The number of nitrogens with zero attached hydrogens (tertiary/aromatic N) is 7. The molecule has 0 aliphatic carbocycles. The average molecular weight is 482 g/mol. The molecule has 0 saturated carbocycles. The molecule has 10 heteroatoms. The van der Waals surface area contributed by atoms with Crippen molar-refractivity contribution in [3.8, 4) is 12.1 Å². The van der Waals surface area contributed by atoms with Crippen LogP contribution in [0.3, 0.4) is 0 Å². The second kappa shape index (κ2) is 9.63. The Morgan fingerprint density at radius 1 is 1.20 bits per heavy atom. The Balaban J connectivity index is 1.43. The fraction of sp³-hybridized carbons (Fsp3) is 0.680. The lowest BCUT2D eigenvalue weighted by Crippen LogP contribution is -2.59. The maximum atomic E-state index is 12.0. The molecule has 5 heterocycles. The molecule has 4 saturated heterocycles. The molecule has 4 fully saturated rings. The van der Waals surface area contributed by atoms with Crippen LogP contribution < -0.4 is 14.5 Å². The first-order valence-corrected chi connectivity index (χ1v) is 12.7. The monoisotopic (exact) mass is 481 g/mol. The van der Waals surface area contributed by atoms with E-state index in [9.17, 15) is 15.2 Å². The molecule has 2 atom stereocenters. The normalized spacial score (nSPS) is 25.7. The lowest BCUT2D eigenvalue weighted by Gasteiger charge is -2.47. The molecule has 4 aliphatic rings. The highest BCUT2D eigenvalue weighted by Crippen LogP contribution is 2.43. The SMILES string of the molecule is C=CC(=O)N1CC2(CCN(c3nc(OCC4CCCN4C)nc(N4CCCC4CO)c3C#N)C2)C1. The summed E-state index contributed by atoms with van der Waals surface area (Å²) < 4.78 is 6.13. The molecule has 2 unspecified atom stereocenters. The number of carbonyl (C=O) groups excluding carboxylic acids is 1. The fourth-order valence-electron chi connectivity index (χ4n) is 6.11.